The topological polar surface area (TPSA) is 34.2 Å². The summed E-state index contributed by atoms with van der Waals surface area (Å²) in [6, 6.07) is 12.6. The van der Waals surface area contributed by atoms with E-state index in [2.05, 4.69) is 40.6 Å². The minimum absolute atomic E-state index is 0.103. The van der Waals surface area contributed by atoms with Crippen LogP contribution in [0.5, 0.6) is 0 Å². The van der Waals surface area contributed by atoms with E-state index >= 15 is 0 Å². The van der Waals surface area contributed by atoms with Crippen molar-refractivity contribution in [3.63, 3.8) is 0 Å². The third-order valence-corrected chi connectivity index (χ3v) is 4.53. The van der Waals surface area contributed by atoms with Crippen LogP contribution in [0.25, 0.3) is 0 Å². The SMILES string of the molecule is Clc1cnccc1NCC1(c2ccccc2)CCOCC1. The number of hydrogen-bond donors (Lipinski definition) is 1. The molecule has 0 aliphatic carbocycles. The van der Waals surface area contributed by atoms with E-state index in [-0.39, 0.29) is 5.41 Å². The Balaban J connectivity index is 1.82. The number of nitrogens with one attached hydrogen (secondary N) is 1. The van der Waals surface area contributed by atoms with Crippen molar-refractivity contribution in [1.82, 2.24) is 4.98 Å². The minimum Gasteiger partial charge on any atom is -0.383 e. The summed E-state index contributed by atoms with van der Waals surface area (Å²) >= 11 is 6.18. The lowest BCUT2D eigenvalue weighted by molar-refractivity contribution is 0.0544. The standard InChI is InChI=1S/C17H19ClN2O/c18-15-12-19-9-6-16(15)20-13-17(7-10-21-11-8-17)14-4-2-1-3-5-14/h1-6,9,12H,7-8,10-11,13H2,(H,19,20). The maximum atomic E-state index is 6.18. The van der Waals surface area contributed by atoms with Gasteiger partial charge in [0.1, 0.15) is 0 Å². The maximum Gasteiger partial charge on any atom is 0.0820 e. The van der Waals surface area contributed by atoms with Crippen LogP contribution in [0.4, 0.5) is 5.69 Å². The number of anilines is 1. The molecule has 1 aliphatic heterocycles. The maximum absolute atomic E-state index is 6.18. The summed E-state index contributed by atoms with van der Waals surface area (Å²) in [5.74, 6) is 0. The van der Waals surface area contributed by atoms with Crippen molar-refractivity contribution >= 4 is 17.3 Å². The Labute approximate surface area is 130 Å². The second-order valence-electron chi connectivity index (χ2n) is 5.47. The van der Waals surface area contributed by atoms with Gasteiger partial charge in [-0.15, -0.1) is 0 Å². The van der Waals surface area contributed by atoms with Crippen LogP contribution in [-0.2, 0) is 10.2 Å². The first-order valence-electron chi connectivity index (χ1n) is 7.27. The van der Waals surface area contributed by atoms with E-state index in [9.17, 15) is 0 Å². The molecule has 1 aromatic heterocycles. The zero-order valence-electron chi connectivity index (χ0n) is 11.9. The number of rotatable bonds is 4. The summed E-state index contributed by atoms with van der Waals surface area (Å²) in [6.45, 7) is 2.46. The van der Waals surface area contributed by atoms with Gasteiger partial charge in [0.2, 0.25) is 0 Å². The predicted molar refractivity (Wildman–Crippen MR) is 85.9 cm³/mol. The summed E-state index contributed by atoms with van der Waals surface area (Å²) in [7, 11) is 0. The number of aromatic nitrogens is 1. The number of pyridine rings is 1. The Kier molecular flexibility index (Phi) is 4.42. The highest BCUT2D eigenvalue weighted by molar-refractivity contribution is 6.33. The van der Waals surface area contributed by atoms with Crippen LogP contribution in [-0.4, -0.2) is 24.7 Å². The van der Waals surface area contributed by atoms with Crippen LogP contribution in [0.2, 0.25) is 5.02 Å². The van der Waals surface area contributed by atoms with Crippen LogP contribution >= 0.6 is 11.6 Å². The van der Waals surface area contributed by atoms with Crippen LogP contribution < -0.4 is 5.32 Å². The van der Waals surface area contributed by atoms with Gasteiger partial charge in [-0.2, -0.15) is 0 Å². The van der Waals surface area contributed by atoms with Crippen LogP contribution in [0.3, 0.4) is 0 Å². The average molecular weight is 303 g/mol. The Bertz CT molecular complexity index is 582. The van der Waals surface area contributed by atoms with Crippen molar-refractivity contribution in [2.24, 2.45) is 0 Å². The first kappa shape index (κ1) is 14.4. The van der Waals surface area contributed by atoms with Crippen molar-refractivity contribution in [2.75, 3.05) is 25.1 Å². The Morgan fingerprint density at radius 1 is 1.14 bits per heavy atom. The van der Waals surface area contributed by atoms with Gasteiger partial charge in [0, 0.05) is 37.6 Å². The molecule has 2 heterocycles. The summed E-state index contributed by atoms with van der Waals surface area (Å²) in [6.07, 6.45) is 5.47. The molecule has 1 aliphatic rings. The fraction of sp³-hybridized carbons (Fsp3) is 0.353. The Morgan fingerprint density at radius 3 is 2.62 bits per heavy atom. The third kappa shape index (κ3) is 3.20. The molecular weight excluding hydrogens is 284 g/mol. The lowest BCUT2D eigenvalue weighted by atomic mass is 9.74. The molecular formula is C17H19ClN2O. The van der Waals surface area contributed by atoms with Gasteiger partial charge in [0.15, 0.2) is 0 Å². The fourth-order valence-corrected chi connectivity index (χ4v) is 3.09. The molecule has 0 saturated carbocycles. The van der Waals surface area contributed by atoms with Crippen molar-refractivity contribution in [1.29, 1.82) is 0 Å². The molecule has 110 valence electrons. The van der Waals surface area contributed by atoms with E-state index in [4.69, 9.17) is 16.3 Å². The molecule has 0 radical (unpaired) electrons. The van der Waals surface area contributed by atoms with E-state index in [1.807, 2.05) is 6.07 Å². The van der Waals surface area contributed by atoms with Gasteiger partial charge in [-0.05, 0) is 24.5 Å². The molecule has 0 atom stereocenters. The van der Waals surface area contributed by atoms with E-state index in [0.717, 1.165) is 38.3 Å². The molecule has 4 heteroatoms. The molecule has 0 spiro atoms. The van der Waals surface area contributed by atoms with E-state index in [0.29, 0.717) is 5.02 Å². The normalized spacial score (nSPS) is 17.4. The van der Waals surface area contributed by atoms with Crippen molar-refractivity contribution in [2.45, 2.75) is 18.3 Å². The first-order chi connectivity index (χ1) is 10.3. The van der Waals surface area contributed by atoms with E-state index < -0.39 is 0 Å². The van der Waals surface area contributed by atoms with Gasteiger partial charge < -0.3 is 10.1 Å². The molecule has 1 aromatic carbocycles. The quantitative estimate of drug-likeness (QED) is 0.930. The summed E-state index contributed by atoms with van der Waals surface area (Å²) in [5.41, 5.74) is 2.41. The smallest absolute Gasteiger partial charge is 0.0820 e. The number of halogens is 1. The van der Waals surface area contributed by atoms with E-state index in [1.165, 1.54) is 5.56 Å². The van der Waals surface area contributed by atoms with Crippen molar-refractivity contribution < 1.29 is 4.74 Å². The van der Waals surface area contributed by atoms with Crippen LogP contribution in [0.1, 0.15) is 18.4 Å². The fourth-order valence-electron chi connectivity index (χ4n) is 2.90. The highest BCUT2D eigenvalue weighted by Gasteiger charge is 2.34. The van der Waals surface area contributed by atoms with Gasteiger partial charge in [-0.1, -0.05) is 41.9 Å². The van der Waals surface area contributed by atoms with E-state index in [1.54, 1.807) is 12.4 Å². The number of hydrogen-bond acceptors (Lipinski definition) is 3. The molecule has 0 amide bonds. The second-order valence-corrected chi connectivity index (χ2v) is 5.88. The largest absolute Gasteiger partial charge is 0.383 e. The van der Waals surface area contributed by atoms with Gasteiger partial charge in [0.05, 0.1) is 10.7 Å². The predicted octanol–water partition coefficient (Wildman–Crippen LogP) is 3.90. The average Bonchev–Trinajstić information content (AvgIpc) is 2.56. The Morgan fingerprint density at radius 2 is 1.90 bits per heavy atom. The highest BCUT2D eigenvalue weighted by atomic mass is 35.5. The molecule has 3 rings (SSSR count). The van der Waals surface area contributed by atoms with Crippen molar-refractivity contribution in [3.8, 4) is 0 Å². The van der Waals surface area contributed by atoms with Crippen LogP contribution in [0, 0.1) is 0 Å². The number of nitrogens with zero attached hydrogens (tertiary/aromatic N) is 1. The molecule has 1 fully saturated rings. The lowest BCUT2D eigenvalue weighted by Gasteiger charge is -2.38. The molecule has 3 nitrogen and oxygen atoms in total. The molecule has 0 bridgehead atoms. The highest BCUT2D eigenvalue weighted by Crippen LogP contribution is 2.35. The summed E-state index contributed by atoms with van der Waals surface area (Å²) in [4.78, 5) is 4.02. The second kappa shape index (κ2) is 6.46. The van der Waals surface area contributed by atoms with Gasteiger partial charge in [-0.25, -0.2) is 0 Å². The van der Waals surface area contributed by atoms with Gasteiger partial charge >= 0.3 is 0 Å². The molecule has 2 aromatic rings. The molecule has 1 N–H and O–H groups in total. The molecule has 0 unspecified atom stereocenters. The third-order valence-electron chi connectivity index (χ3n) is 4.23. The molecule has 21 heavy (non-hydrogen) atoms. The number of ether oxygens (including phenoxy) is 1. The number of benzene rings is 1. The minimum atomic E-state index is 0.103. The van der Waals surface area contributed by atoms with Gasteiger partial charge in [-0.3, -0.25) is 4.98 Å². The summed E-state index contributed by atoms with van der Waals surface area (Å²) in [5, 5.41) is 4.15. The monoisotopic (exact) mass is 302 g/mol. The van der Waals surface area contributed by atoms with Crippen molar-refractivity contribution in [3.05, 3.63) is 59.4 Å². The first-order valence-corrected chi connectivity index (χ1v) is 7.65. The Hall–Kier alpha value is -1.58. The molecule has 1 saturated heterocycles. The zero-order chi connectivity index (χ0) is 14.5. The van der Waals surface area contributed by atoms with Gasteiger partial charge in [0.25, 0.3) is 0 Å². The zero-order valence-corrected chi connectivity index (χ0v) is 12.6. The van der Waals surface area contributed by atoms with Crippen LogP contribution in [0.15, 0.2) is 48.8 Å². The lowest BCUT2D eigenvalue weighted by Crippen LogP contribution is -2.40. The summed E-state index contributed by atoms with van der Waals surface area (Å²) < 4.78 is 5.56.